The molecule has 196 valence electrons. The van der Waals surface area contributed by atoms with Crippen molar-refractivity contribution in [2.75, 3.05) is 20.8 Å². The van der Waals surface area contributed by atoms with E-state index in [9.17, 15) is 4.79 Å². The van der Waals surface area contributed by atoms with Crippen molar-refractivity contribution in [3.8, 4) is 11.5 Å². The molecular weight excluding hydrogens is 456 g/mol. The Morgan fingerprint density at radius 2 is 1.57 bits per heavy atom. The highest BCUT2D eigenvalue weighted by molar-refractivity contribution is 6.56. The second-order valence-corrected chi connectivity index (χ2v) is 13.5. The summed E-state index contributed by atoms with van der Waals surface area (Å²) >= 11 is 0. The van der Waals surface area contributed by atoms with E-state index < -0.39 is 11.5 Å². The highest BCUT2D eigenvalue weighted by Crippen LogP contribution is 2.52. The Morgan fingerprint density at radius 3 is 2.05 bits per heavy atom. The molecule has 1 aromatic carbocycles. The Bertz CT molecular complexity index is 1050. The Balaban J connectivity index is 2.26. The zero-order valence-electron chi connectivity index (χ0n) is 25.7. The molecule has 3 rings (SSSR count). The molecule has 6 nitrogen and oxygen atoms in total. The number of piperidine rings is 1. The number of ether oxygens (including phenoxy) is 3. The summed E-state index contributed by atoms with van der Waals surface area (Å²) in [5.74, 6) is 2.01. The molecule has 0 spiro atoms. The average molecular weight is 501 g/mol. The Hall–Kier alpha value is -1.34. The number of carbonyl (C=O) groups excluding carboxylic acids is 1. The van der Waals surface area contributed by atoms with Crippen molar-refractivity contribution in [2.45, 2.75) is 68.7 Å². The number of hydrogen-bond donors (Lipinski definition) is 1. The van der Waals surface area contributed by atoms with Crippen LogP contribution in [0.5, 0.6) is 11.5 Å². The first kappa shape index (κ1) is 30.2. The van der Waals surface area contributed by atoms with Crippen molar-refractivity contribution in [2.24, 2.45) is 23.5 Å². The number of nitrogens with zero attached hydrogens (tertiary/aromatic N) is 1. The first-order chi connectivity index (χ1) is 17.0. The van der Waals surface area contributed by atoms with Crippen molar-refractivity contribution in [3.05, 3.63) is 11.1 Å². The smallest absolute Gasteiger partial charge is 0.322 e. The maximum atomic E-state index is 13.2. The van der Waals surface area contributed by atoms with Crippen LogP contribution in [0.15, 0.2) is 0 Å². The lowest BCUT2D eigenvalue weighted by Crippen LogP contribution is -2.74. The summed E-state index contributed by atoms with van der Waals surface area (Å²) < 4.78 is 18.2. The number of carbonyl (C=O) groups is 1. The molecule has 1 fully saturated rings. The molecule has 2 heterocycles. The molecular formula is C24H45B7N2O4. The molecule has 2 N–H and O–H groups in total. The minimum absolute atomic E-state index is 0.0245. The van der Waals surface area contributed by atoms with E-state index in [0.29, 0.717) is 12.3 Å². The lowest BCUT2D eigenvalue weighted by Gasteiger charge is -2.64. The van der Waals surface area contributed by atoms with Gasteiger partial charge in [-0.05, 0) is 46.5 Å². The van der Waals surface area contributed by atoms with Crippen LogP contribution in [0, 0.1) is 17.8 Å². The van der Waals surface area contributed by atoms with Crippen LogP contribution < -0.4 is 26.1 Å². The molecule has 2 aliphatic rings. The highest BCUT2D eigenvalue weighted by Gasteiger charge is 2.58. The summed E-state index contributed by atoms with van der Waals surface area (Å²) in [5, 5.41) is -0.295. The molecule has 2 aliphatic heterocycles. The number of benzene rings is 1. The summed E-state index contributed by atoms with van der Waals surface area (Å²) in [6.45, 7) is 9.29. The van der Waals surface area contributed by atoms with Crippen molar-refractivity contribution >= 4 is 71.8 Å². The molecule has 0 aromatic heterocycles. The number of rotatable bonds is 7. The van der Waals surface area contributed by atoms with E-state index in [0.717, 1.165) is 35.4 Å². The second kappa shape index (κ2) is 10.3. The third-order valence-electron chi connectivity index (χ3n) is 9.89. The van der Waals surface area contributed by atoms with E-state index in [1.807, 2.05) is 13.8 Å². The molecule has 3 unspecified atom stereocenters. The summed E-state index contributed by atoms with van der Waals surface area (Å²) in [5.41, 5.74) is 10.5. The second-order valence-electron chi connectivity index (χ2n) is 13.5. The standard InChI is InChI=1S/C24H45B7N2O4/c1-10(2)7-12-9-33-13(8-22(12,27)37-21(34)18(32)11(3)4)14-15(23(28,29)24(33,30)31)17(26)20(36-6)19(35-5)16(14)25/h10-13,18H,7-9,25-32H2,1-6H3/t12?,13?,18-,22?/m0/s1. The lowest BCUT2D eigenvalue weighted by atomic mass is 9.28. The zero-order valence-corrected chi connectivity index (χ0v) is 25.7. The molecule has 0 saturated carbocycles. The Morgan fingerprint density at radius 1 is 1.03 bits per heavy atom. The third kappa shape index (κ3) is 4.81. The van der Waals surface area contributed by atoms with Gasteiger partial charge in [0.25, 0.3) is 0 Å². The molecule has 1 saturated heterocycles. The van der Waals surface area contributed by atoms with Gasteiger partial charge in [-0.3, -0.25) is 4.79 Å². The monoisotopic (exact) mass is 502 g/mol. The largest absolute Gasteiger partial charge is 0.493 e. The van der Waals surface area contributed by atoms with Crippen LogP contribution in [-0.2, 0) is 14.7 Å². The number of hydrogen-bond acceptors (Lipinski definition) is 6. The maximum absolute atomic E-state index is 13.2. The van der Waals surface area contributed by atoms with Crippen molar-refractivity contribution in [1.82, 2.24) is 4.90 Å². The quantitative estimate of drug-likeness (QED) is 0.298. The average Bonchev–Trinajstić information content (AvgIpc) is 2.78. The fourth-order valence-corrected chi connectivity index (χ4v) is 7.03. The van der Waals surface area contributed by atoms with Crippen LogP contribution >= 0.6 is 0 Å². The Kier molecular flexibility index (Phi) is 8.44. The van der Waals surface area contributed by atoms with Gasteiger partial charge in [-0.1, -0.05) is 38.5 Å². The van der Waals surface area contributed by atoms with Crippen LogP contribution in [-0.4, -0.2) is 103 Å². The maximum Gasteiger partial charge on any atom is 0.322 e. The van der Waals surface area contributed by atoms with Crippen LogP contribution in [0.25, 0.3) is 0 Å². The normalized spacial score (nSPS) is 27.3. The van der Waals surface area contributed by atoms with Gasteiger partial charge >= 0.3 is 5.97 Å². The minimum atomic E-state index is -0.628. The van der Waals surface area contributed by atoms with Crippen molar-refractivity contribution in [3.63, 3.8) is 0 Å². The van der Waals surface area contributed by atoms with Crippen molar-refractivity contribution in [1.29, 1.82) is 0 Å². The molecule has 0 radical (unpaired) electrons. The predicted octanol–water partition coefficient (Wildman–Crippen LogP) is -5.16. The fraction of sp³-hybridized carbons (Fsp3) is 0.708. The molecule has 13 heteroatoms. The summed E-state index contributed by atoms with van der Waals surface area (Å²) in [4.78, 5) is 15.9. The SMILES string of the molecule is Bc1c(OC)c(OC)c(B)c2c1C1CC(B)(OC(=O)[C@@H](N)C(C)C)C(CC(C)C)CN1C(B)(B)C2(B)B. The van der Waals surface area contributed by atoms with Gasteiger partial charge in [0.15, 0.2) is 19.3 Å². The van der Waals surface area contributed by atoms with Gasteiger partial charge in [-0.2, -0.15) is 0 Å². The summed E-state index contributed by atoms with van der Waals surface area (Å²) in [6.07, 6.45) is 1.69. The van der Waals surface area contributed by atoms with Crippen molar-refractivity contribution < 1.29 is 19.0 Å². The molecule has 0 bridgehead atoms. The number of methoxy groups -OCH3 is 2. The number of nitrogens with two attached hydrogens (primary N) is 1. The summed E-state index contributed by atoms with van der Waals surface area (Å²) in [7, 11) is 19.3. The van der Waals surface area contributed by atoms with Crippen LogP contribution in [0.4, 0.5) is 0 Å². The van der Waals surface area contributed by atoms with Gasteiger partial charge in [0.05, 0.1) is 19.7 Å². The van der Waals surface area contributed by atoms with Gasteiger partial charge < -0.3 is 24.8 Å². The van der Waals surface area contributed by atoms with E-state index in [2.05, 4.69) is 73.7 Å². The topological polar surface area (TPSA) is 74.0 Å². The van der Waals surface area contributed by atoms with Crippen LogP contribution in [0.2, 0.25) is 0 Å². The zero-order chi connectivity index (χ0) is 28.2. The number of esters is 1. The summed E-state index contributed by atoms with van der Waals surface area (Å²) in [6, 6.07) is -0.551. The van der Waals surface area contributed by atoms with E-state index >= 15 is 0 Å². The first-order valence-electron chi connectivity index (χ1n) is 14.0. The predicted molar refractivity (Wildman–Crippen MR) is 172 cm³/mol. The number of fused-ring (bicyclic) bond motifs is 3. The molecule has 0 amide bonds. The van der Waals surface area contributed by atoms with Gasteiger partial charge in [-0.25, -0.2) is 0 Å². The third-order valence-corrected chi connectivity index (χ3v) is 9.89. The molecule has 4 atom stereocenters. The lowest BCUT2D eigenvalue weighted by molar-refractivity contribution is -0.168. The Labute approximate surface area is 231 Å². The fourth-order valence-electron chi connectivity index (χ4n) is 7.03. The molecule has 1 aromatic rings. The van der Waals surface area contributed by atoms with Gasteiger partial charge in [0.1, 0.15) is 53.1 Å². The highest BCUT2D eigenvalue weighted by atomic mass is 16.6. The van der Waals surface area contributed by atoms with Crippen LogP contribution in [0.3, 0.4) is 0 Å². The van der Waals surface area contributed by atoms with Gasteiger partial charge in [0.2, 0.25) is 0 Å². The first-order valence-corrected chi connectivity index (χ1v) is 14.0. The van der Waals surface area contributed by atoms with Crippen LogP contribution in [0.1, 0.15) is 57.7 Å². The van der Waals surface area contributed by atoms with Gasteiger partial charge in [-0.15, -0.1) is 0 Å². The van der Waals surface area contributed by atoms with Gasteiger partial charge in [0, 0.05) is 18.5 Å². The van der Waals surface area contributed by atoms with E-state index in [1.54, 1.807) is 14.2 Å². The molecule has 37 heavy (non-hydrogen) atoms. The minimum Gasteiger partial charge on any atom is -0.493 e. The molecule has 0 aliphatic carbocycles. The van der Waals surface area contributed by atoms with E-state index in [-0.39, 0.29) is 34.4 Å². The van der Waals surface area contributed by atoms with E-state index in [1.165, 1.54) is 11.1 Å². The van der Waals surface area contributed by atoms with E-state index in [4.69, 9.17) is 19.9 Å².